The van der Waals surface area contributed by atoms with E-state index in [1.165, 1.54) is 6.20 Å². The highest BCUT2D eigenvalue weighted by atomic mass is 19.1. The van der Waals surface area contributed by atoms with Gasteiger partial charge in [0.15, 0.2) is 5.78 Å². The van der Waals surface area contributed by atoms with Crippen molar-refractivity contribution >= 4 is 11.8 Å². The molecule has 3 fully saturated rings. The molecule has 0 aromatic rings. The number of nitrogens with two attached hydrogens (primary N) is 1. The molecule has 0 aromatic carbocycles. The third-order valence-electron chi connectivity index (χ3n) is 7.54. The second-order valence-corrected chi connectivity index (χ2v) is 9.30. The Bertz CT molecular complexity index is 809. The van der Waals surface area contributed by atoms with Crippen LogP contribution in [0.1, 0.15) is 38.5 Å². The van der Waals surface area contributed by atoms with E-state index in [0.717, 1.165) is 32.1 Å². The SMILES string of the molecule is NC1CCC[C@@H]2CN(C3=C(F)C4C(CC3F)C(=O)C(C(=O)O)=CN4C3CC3)C[C@H]12. The van der Waals surface area contributed by atoms with Gasteiger partial charge < -0.3 is 20.6 Å². The lowest BCUT2D eigenvalue weighted by Crippen LogP contribution is -2.52. The molecule has 5 rings (SSSR count). The predicted molar refractivity (Wildman–Crippen MR) is 101 cm³/mol. The van der Waals surface area contributed by atoms with E-state index in [1.54, 1.807) is 4.90 Å². The van der Waals surface area contributed by atoms with E-state index in [4.69, 9.17) is 5.73 Å². The van der Waals surface area contributed by atoms with Crippen LogP contribution >= 0.6 is 0 Å². The number of allylic oxidation sites excluding steroid dienone is 1. The fourth-order valence-corrected chi connectivity index (χ4v) is 5.95. The summed E-state index contributed by atoms with van der Waals surface area (Å²) >= 11 is 0. The van der Waals surface area contributed by atoms with Crippen LogP contribution in [-0.4, -0.2) is 64.0 Å². The molecule has 0 amide bonds. The lowest BCUT2D eigenvalue weighted by Gasteiger charge is -2.44. The van der Waals surface area contributed by atoms with E-state index >= 15 is 8.78 Å². The molecule has 0 radical (unpaired) electrons. The van der Waals surface area contributed by atoms with Crippen molar-refractivity contribution in [3.8, 4) is 0 Å². The number of hydrogen-bond donors (Lipinski definition) is 2. The molecule has 5 aliphatic rings. The lowest BCUT2D eigenvalue weighted by atomic mass is 9.77. The summed E-state index contributed by atoms with van der Waals surface area (Å²) in [6.07, 6.45) is 4.20. The van der Waals surface area contributed by atoms with Gasteiger partial charge in [0.25, 0.3) is 0 Å². The first-order valence-electron chi connectivity index (χ1n) is 10.7. The molecule has 6 atom stereocenters. The molecule has 2 heterocycles. The summed E-state index contributed by atoms with van der Waals surface area (Å²) in [6.45, 7) is 1.16. The van der Waals surface area contributed by atoms with Gasteiger partial charge in [-0.2, -0.15) is 0 Å². The van der Waals surface area contributed by atoms with Crippen LogP contribution in [0, 0.1) is 17.8 Å². The Morgan fingerprint density at radius 3 is 2.62 bits per heavy atom. The van der Waals surface area contributed by atoms with Crippen LogP contribution in [-0.2, 0) is 9.59 Å². The highest BCUT2D eigenvalue weighted by Crippen LogP contribution is 2.47. The number of carbonyl (C=O) groups is 2. The number of alkyl halides is 1. The Labute approximate surface area is 168 Å². The van der Waals surface area contributed by atoms with Crippen molar-refractivity contribution < 1.29 is 23.5 Å². The fourth-order valence-electron chi connectivity index (χ4n) is 5.95. The van der Waals surface area contributed by atoms with Gasteiger partial charge in [-0.15, -0.1) is 0 Å². The molecule has 8 heteroatoms. The number of rotatable bonds is 3. The second-order valence-electron chi connectivity index (χ2n) is 9.30. The normalized spacial score (nSPS) is 40.0. The van der Waals surface area contributed by atoms with E-state index in [1.807, 2.05) is 4.90 Å². The van der Waals surface area contributed by atoms with Crippen LogP contribution in [0.15, 0.2) is 23.3 Å². The summed E-state index contributed by atoms with van der Waals surface area (Å²) in [5.41, 5.74) is 5.98. The standard InChI is InChI=1S/C21H27F2N3O3/c22-15-6-12-18(26(11-4-5-11)9-14(20(12)27)21(28)29)17(23)19(15)25-7-10-2-1-3-16(24)13(10)8-25/h9-13,15-16,18H,1-8,24H2,(H,28,29)/t10-,12?,13+,15?,16?,18?/m1/s1. The molecule has 158 valence electrons. The number of carboxylic acid groups (broad SMARTS) is 1. The van der Waals surface area contributed by atoms with Gasteiger partial charge in [-0.05, 0) is 43.9 Å². The maximum atomic E-state index is 15.8. The van der Waals surface area contributed by atoms with Gasteiger partial charge in [0, 0.05) is 31.4 Å². The number of nitrogens with zero attached hydrogens (tertiary/aromatic N) is 2. The van der Waals surface area contributed by atoms with Gasteiger partial charge in [0.2, 0.25) is 0 Å². The van der Waals surface area contributed by atoms with E-state index in [0.29, 0.717) is 19.0 Å². The van der Waals surface area contributed by atoms with Crippen LogP contribution in [0.2, 0.25) is 0 Å². The molecule has 4 unspecified atom stereocenters. The van der Waals surface area contributed by atoms with Gasteiger partial charge in [0.1, 0.15) is 17.6 Å². The number of Topliss-reactive ketones (excluding diaryl/α,β-unsaturated/α-hetero) is 1. The smallest absolute Gasteiger partial charge is 0.340 e. The highest BCUT2D eigenvalue weighted by Gasteiger charge is 2.53. The average molecular weight is 407 g/mol. The lowest BCUT2D eigenvalue weighted by molar-refractivity contribution is -0.137. The van der Waals surface area contributed by atoms with Gasteiger partial charge >= 0.3 is 5.97 Å². The molecular weight excluding hydrogens is 380 g/mol. The summed E-state index contributed by atoms with van der Waals surface area (Å²) in [6, 6.07) is -0.809. The van der Waals surface area contributed by atoms with E-state index in [2.05, 4.69) is 0 Å². The monoisotopic (exact) mass is 407 g/mol. The zero-order chi connectivity index (χ0) is 20.4. The molecule has 0 aromatic heterocycles. The Morgan fingerprint density at radius 1 is 1.21 bits per heavy atom. The first kappa shape index (κ1) is 19.0. The van der Waals surface area contributed by atoms with Crippen molar-refractivity contribution in [3.05, 3.63) is 23.3 Å². The van der Waals surface area contributed by atoms with E-state index in [9.17, 15) is 14.7 Å². The second kappa shape index (κ2) is 6.79. The number of fused-ring (bicyclic) bond motifs is 2. The van der Waals surface area contributed by atoms with Crippen molar-refractivity contribution in [3.63, 3.8) is 0 Å². The number of carbonyl (C=O) groups excluding carboxylic acids is 1. The summed E-state index contributed by atoms with van der Waals surface area (Å²) in [5.74, 6) is -2.97. The number of aliphatic carboxylic acids is 1. The van der Waals surface area contributed by atoms with Gasteiger partial charge in [-0.1, -0.05) is 6.42 Å². The largest absolute Gasteiger partial charge is 0.478 e. The number of ketones is 1. The minimum absolute atomic E-state index is 0.0164. The summed E-state index contributed by atoms with van der Waals surface area (Å²) < 4.78 is 31.0. The van der Waals surface area contributed by atoms with Gasteiger partial charge in [-0.3, -0.25) is 4.79 Å². The van der Waals surface area contributed by atoms with Crippen molar-refractivity contribution in [2.45, 2.75) is 62.8 Å². The minimum Gasteiger partial charge on any atom is -0.478 e. The van der Waals surface area contributed by atoms with Crippen LogP contribution in [0.3, 0.4) is 0 Å². The third kappa shape index (κ3) is 2.98. The van der Waals surface area contributed by atoms with E-state index in [-0.39, 0.29) is 35.7 Å². The molecule has 2 saturated carbocycles. The Hall–Kier alpha value is -1.96. The minimum atomic E-state index is -1.61. The third-order valence-corrected chi connectivity index (χ3v) is 7.54. The number of hydrogen-bond acceptors (Lipinski definition) is 5. The van der Waals surface area contributed by atoms with Crippen molar-refractivity contribution in [2.75, 3.05) is 13.1 Å². The predicted octanol–water partition coefficient (Wildman–Crippen LogP) is 1.97. The van der Waals surface area contributed by atoms with Crippen molar-refractivity contribution in [2.24, 2.45) is 23.5 Å². The zero-order valence-corrected chi connectivity index (χ0v) is 16.3. The Kier molecular flexibility index (Phi) is 4.46. The van der Waals surface area contributed by atoms with Crippen molar-refractivity contribution in [1.29, 1.82) is 0 Å². The van der Waals surface area contributed by atoms with Gasteiger partial charge in [-0.25, -0.2) is 13.6 Å². The van der Waals surface area contributed by atoms with Gasteiger partial charge in [0.05, 0.1) is 17.7 Å². The Morgan fingerprint density at radius 2 is 1.97 bits per heavy atom. The van der Waals surface area contributed by atoms with Crippen LogP contribution in [0.5, 0.6) is 0 Å². The molecule has 0 spiro atoms. The molecule has 29 heavy (non-hydrogen) atoms. The number of halogens is 2. The zero-order valence-electron chi connectivity index (χ0n) is 16.3. The molecule has 6 nitrogen and oxygen atoms in total. The van der Waals surface area contributed by atoms with Crippen LogP contribution in [0.4, 0.5) is 8.78 Å². The number of carboxylic acids is 1. The first-order chi connectivity index (χ1) is 13.9. The molecule has 1 saturated heterocycles. The summed E-state index contributed by atoms with van der Waals surface area (Å²) in [7, 11) is 0. The summed E-state index contributed by atoms with van der Waals surface area (Å²) in [5, 5.41) is 9.38. The summed E-state index contributed by atoms with van der Waals surface area (Å²) in [4.78, 5) is 27.7. The molecule has 0 bridgehead atoms. The molecule has 3 N–H and O–H groups in total. The van der Waals surface area contributed by atoms with E-state index < -0.39 is 35.7 Å². The number of likely N-dealkylation sites (tertiary alicyclic amines) is 1. The Balaban J connectivity index is 1.51. The molecular formula is C21H27F2N3O3. The quantitative estimate of drug-likeness (QED) is 0.696. The maximum Gasteiger partial charge on any atom is 0.340 e. The fraction of sp³-hybridized carbons (Fsp3) is 0.714. The topological polar surface area (TPSA) is 86.9 Å². The molecule has 3 aliphatic carbocycles. The average Bonchev–Trinajstić information content (AvgIpc) is 3.42. The maximum absolute atomic E-state index is 15.8. The van der Waals surface area contributed by atoms with Crippen LogP contribution in [0.25, 0.3) is 0 Å². The first-order valence-corrected chi connectivity index (χ1v) is 10.7. The van der Waals surface area contributed by atoms with Crippen LogP contribution < -0.4 is 5.73 Å². The van der Waals surface area contributed by atoms with Crippen molar-refractivity contribution in [1.82, 2.24) is 9.80 Å². The molecule has 2 aliphatic heterocycles. The highest BCUT2D eigenvalue weighted by molar-refractivity contribution is 6.18.